The summed E-state index contributed by atoms with van der Waals surface area (Å²) in [5.41, 5.74) is 2.87. The summed E-state index contributed by atoms with van der Waals surface area (Å²) in [7, 11) is 0. The van der Waals surface area contributed by atoms with Crippen molar-refractivity contribution >= 4 is 5.91 Å². The number of aromatic nitrogens is 4. The Hall–Kier alpha value is -2.52. The van der Waals surface area contributed by atoms with E-state index in [0.29, 0.717) is 26.2 Å². The number of H-pyrrole nitrogens is 1. The van der Waals surface area contributed by atoms with Crippen molar-refractivity contribution in [2.45, 2.75) is 70.7 Å². The normalized spacial score (nSPS) is 22.3. The number of aromatic amines is 1. The van der Waals surface area contributed by atoms with Gasteiger partial charge >= 0.3 is 0 Å². The monoisotopic (exact) mass is 440 g/mol. The number of piperidine rings is 1. The number of carbonyl (C=O) groups excluding carboxylic acids is 1. The molecule has 5 rings (SSSR count). The topological polar surface area (TPSA) is 96.4 Å². The van der Waals surface area contributed by atoms with E-state index in [1.165, 1.54) is 5.56 Å². The maximum atomic E-state index is 12.9. The Morgan fingerprint density at radius 3 is 2.81 bits per heavy atom. The number of ether oxygens (including phenoxy) is 1. The van der Waals surface area contributed by atoms with Crippen LogP contribution < -0.4 is 5.56 Å². The van der Waals surface area contributed by atoms with E-state index < -0.39 is 0 Å². The molecule has 0 spiro atoms. The molecule has 9 heteroatoms. The van der Waals surface area contributed by atoms with Gasteiger partial charge < -0.3 is 14.6 Å². The number of nitrogens with zero attached hydrogens (tertiary/aromatic N) is 5. The molecule has 0 unspecified atom stereocenters. The number of amides is 1. The van der Waals surface area contributed by atoms with Gasteiger partial charge in [-0.15, -0.1) is 0 Å². The molecule has 0 radical (unpaired) electrons. The molecule has 0 saturated carbocycles. The predicted molar refractivity (Wildman–Crippen MR) is 118 cm³/mol. The SMILES string of the molecule is CCn1cc(CN2CCc3nc(C4CCN(C(=O)[C@@H]5CCCO5)CC4)[nH]c(=O)c3C2)cn1. The first-order valence-corrected chi connectivity index (χ1v) is 11.9. The van der Waals surface area contributed by atoms with Gasteiger partial charge in [-0.3, -0.25) is 19.2 Å². The molecular weight excluding hydrogens is 408 g/mol. The molecule has 1 amide bonds. The van der Waals surface area contributed by atoms with E-state index >= 15 is 0 Å². The minimum Gasteiger partial charge on any atom is -0.368 e. The molecule has 2 aromatic rings. The summed E-state index contributed by atoms with van der Waals surface area (Å²) in [5.74, 6) is 1.10. The van der Waals surface area contributed by atoms with Crippen molar-refractivity contribution in [1.82, 2.24) is 29.5 Å². The number of nitrogens with one attached hydrogen (secondary N) is 1. The number of hydrogen-bond donors (Lipinski definition) is 1. The Kier molecular flexibility index (Phi) is 6.10. The maximum Gasteiger partial charge on any atom is 0.255 e. The van der Waals surface area contributed by atoms with Gasteiger partial charge in [0.15, 0.2) is 0 Å². The molecule has 0 bridgehead atoms. The zero-order chi connectivity index (χ0) is 22.1. The van der Waals surface area contributed by atoms with Crippen molar-refractivity contribution in [3.8, 4) is 0 Å². The van der Waals surface area contributed by atoms with Crippen LogP contribution >= 0.6 is 0 Å². The van der Waals surface area contributed by atoms with Crippen molar-refractivity contribution in [2.24, 2.45) is 0 Å². The quantitative estimate of drug-likeness (QED) is 0.756. The number of rotatable bonds is 5. The van der Waals surface area contributed by atoms with E-state index in [-0.39, 0.29) is 23.5 Å². The number of hydrogen-bond acceptors (Lipinski definition) is 6. The van der Waals surface area contributed by atoms with Crippen LogP contribution in [0.25, 0.3) is 0 Å². The zero-order valence-electron chi connectivity index (χ0n) is 18.8. The fourth-order valence-electron chi connectivity index (χ4n) is 5.10. The molecule has 5 heterocycles. The van der Waals surface area contributed by atoms with E-state index in [2.05, 4.69) is 28.1 Å². The Morgan fingerprint density at radius 2 is 2.09 bits per heavy atom. The van der Waals surface area contributed by atoms with Crippen LogP contribution in [-0.2, 0) is 35.6 Å². The first kappa shape index (κ1) is 21.3. The Morgan fingerprint density at radius 1 is 1.25 bits per heavy atom. The Bertz CT molecular complexity index is 1020. The minimum absolute atomic E-state index is 0.0168. The third-order valence-corrected chi connectivity index (χ3v) is 6.98. The van der Waals surface area contributed by atoms with Crippen molar-refractivity contribution in [1.29, 1.82) is 0 Å². The lowest BCUT2D eigenvalue weighted by atomic mass is 9.94. The van der Waals surface area contributed by atoms with E-state index in [1.807, 2.05) is 15.8 Å². The number of carbonyl (C=O) groups is 1. The molecular formula is C23H32N6O3. The highest BCUT2D eigenvalue weighted by Crippen LogP contribution is 2.28. The van der Waals surface area contributed by atoms with Crippen LogP contribution in [-0.4, -0.2) is 67.8 Å². The molecule has 3 aliphatic rings. The van der Waals surface area contributed by atoms with Crippen LogP contribution in [0.1, 0.15) is 61.2 Å². The van der Waals surface area contributed by atoms with Gasteiger partial charge in [0.2, 0.25) is 0 Å². The van der Waals surface area contributed by atoms with Gasteiger partial charge in [-0.25, -0.2) is 4.98 Å². The Balaban J connectivity index is 1.22. The second kappa shape index (κ2) is 9.15. The van der Waals surface area contributed by atoms with Gasteiger partial charge in [0, 0.05) is 70.0 Å². The molecule has 32 heavy (non-hydrogen) atoms. The smallest absolute Gasteiger partial charge is 0.255 e. The summed E-state index contributed by atoms with van der Waals surface area (Å²) in [6, 6.07) is 0. The van der Waals surface area contributed by atoms with Gasteiger partial charge in [-0.2, -0.15) is 5.10 Å². The molecule has 2 aromatic heterocycles. The molecule has 0 aromatic carbocycles. The molecule has 1 atom stereocenters. The predicted octanol–water partition coefficient (Wildman–Crippen LogP) is 1.43. The number of aryl methyl sites for hydroxylation is 1. The van der Waals surface area contributed by atoms with E-state index in [4.69, 9.17) is 9.72 Å². The summed E-state index contributed by atoms with van der Waals surface area (Å²) in [6.07, 6.45) is 7.94. The van der Waals surface area contributed by atoms with Gasteiger partial charge in [-0.1, -0.05) is 0 Å². The van der Waals surface area contributed by atoms with Gasteiger partial charge in [0.05, 0.1) is 17.5 Å². The molecule has 2 fully saturated rings. The highest BCUT2D eigenvalue weighted by Gasteiger charge is 2.32. The molecule has 9 nitrogen and oxygen atoms in total. The first-order chi connectivity index (χ1) is 15.6. The number of likely N-dealkylation sites (tertiary alicyclic amines) is 1. The lowest BCUT2D eigenvalue weighted by molar-refractivity contribution is -0.142. The molecule has 3 aliphatic heterocycles. The third kappa shape index (κ3) is 4.36. The lowest BCUT2D eigenvalue weighted by Crippen LogP contribution is -2.43. The summed E-state index contributed by atoms with van der Waals surface area (Å²) in [6.45, 7) is 7.30. The fourth-order valence-corrected chi connectivity index (χ4v) is 5.10. The zero-order valence-corrected chi connectivity index (χ0v) is 18.8. The van der Waals surface area contributed by atoms with E-state index in [9.17, 15) is 9.59 Å². The van der Waals surface area contributed by atoms with E-state index in [1.54, 1.807) is 0 Å². The van der Waals surface area contributed by atoms with Crippen molar-refractivity contribution in [3.05, 3.63) is 45.4 Å². The minimum atomic E-state index is -0.257. The first-order valence-electron chi connectivity index (χ1n) is 11.9. The second-order valence-electron chi connectivity index (χ2n) is 9.14. The summed E-state index contributed by atoms with van der Waals surface area (Å²) in [4.78, 5) is 37.6. The third-order valence-electron chi connectivity index (χ3n) is 6.98. The standard InChI is InChI=1S/C23H32N6O3/c1-2-29-14-16(12-24-29)13-27-8-7-19-18(15-27)22(30)26-21(25-19)17-5-9-28(10-6-17)23(31)20-4-3-11-32-20/h12,14,17,20H,2-11,13,15H2,1H3,(H,25,26,30)/t20-/m0/s1. The van der Waals surface area contributed by atoms with Crippen molar-refractivity contribution in [3.63, 3.8) is 0 Å². The van der Waals surface area contributed by atoms with E-state index in [0.717, 1.165) is 68.8 Å². The average Bonchev–Trinajstić information content (AvgIpc) is 3.51. The fraction of sp³-hybridized carbons (Fsp3) is 0.652. The van der Waals surface area contributed by atoms with Crippen LogP contribution in [0.5, 0.6) is 0 Å². The summed E-state index contributed by atoms with van der Waals surface area (Å²) >= 11 is 0. The van der Waals surface area contributed by atoms with Gasteiger partial charge in [0.25, 0.3) is 11.5 Å². The van der Waals surface area contributed by atoms with Crippen LogP contribution in [0.4, 0.5) is 0 Å². The molecule has 2 saturated heterocycles. The molecule has 172 valence electrons. The van der Waals surface area contributed by atoms with Crippen LogP contribution in [0.3, 0.4) is 0 Å². The summed E-state index contributed by atoms with van der Waals surface area (Å²) < 4.78 is 7.47. The van der Waals surface area contributed by atoms with Crippen molar-refractivity contribution < 1.29 is 9.53 Å². The molecule has 0 aliphatic carbocycles. The largest absolute Gasteiger partial charge is 0.368 e. The Labute approximate surface area is 187 Å². The average molecular weight is 441 g/mol. The lowest BCUT2D eigenvalue weighted by Gasteiger charge is -2.33. The highest BCUT2D eigenvalue weighted by atomic mass is 16.5. The maximum absolute atomic E-state index is 12.9. The highest BCUT2D eigenvalue weighted by molar-refractivity contribution is 5.81. The van der Waals surface area contributed by atoms with Crippen LogP contribution in [0, 0.1) is 0 Å². The second-order valence-corrected chi connectivity index (χ2v) is 9.14. The summed E-state index contributed by atoms with van der Waals surface area (Å²) in [5, 5.41) is 4.34. The van der Waals surface area contributed by atoms with Gasteiger partial charge in [-0.05, 0) is 32.6 Å². The van der Waals surface area contributed by atoms with Crippen molar-refractivity contribution in [2.75, 3.05) is 26.2 Å². The molecule has 1 N–H and O–H groups in total. The van der Waals surface area contributed by atoms with Crippen LogP contribution in [0.2, 0.25) is 0 Å². The van der Waals surface area contributed by atoms with Gasteiger partial charge in [0.1, 0.15) is 11.9 Å². The van der Waals surface area contributed by atoms with Crippen LogP contribution in [0.15, 0.2) is 17.2 Å². The number of fused-ring (bicyclic) bond motifs is 1.